The van der Waals surface area contributed by atoms with E-state index in [2.05, 4.69) is 43.3 Å². The highest BCUT2D eigenvalue weighted by molar-refractivity contribution is 9.10. The smallest absolute Gasteiger partial charge is 0.235 e. The van der Waals surface area contributed by atoms with Crippen molar-refractivity contribution in [2.45, 2.75) is 31.1 Å². The summed E-state index contributed by atoms with van der Waals surface area (Å²) in [5.74, 6) is 0.557. The second-order valence-corrected chi connectivity index (χ2v) is 8.61. The van der Waals surface area contributed by atoms with Gasteiger partial charge in [0, 0.05) is 22.6 Å². The fourth-order valence-electron chi connectivity index (χ4n) is 4.26. The summed E-state index contributed by atoms with van der Waals surface area (Å²) in [6, 6.07) is 17.4. The van der Waals surface area contributed by atoms with E-state index < -0.39 is 5.41 Å². The van der Waals surface area contributed by atoms with Crippen molar-refractivity contribution in [3.05, 3.63) is 77.0 Å². The highest BCUT2D eigenvalue weighted by Gasteiger charge is 2.42. The predicted octanol–water partition coefficient (Wildman–Crippen LogP) is 6.10. The molecule has 1 aliphatic carbocycles. The number of pyridine rings is 1. The number of aromatic nitrogens is 2. The second-order valence-electron chi connectivity index (χ2n) is 7.69. The molecule has 0 saturated heterocycles. The summed E-state index contributed by atoms with van der Waals surface area (Å²) >= 11 is 3.48. The maximum absolute atomic E-state index is 13.4. The molecule has 6 heteroatoms. The molecule has 0 aliphatic heterocycles. The number of carbonyl (C=O) groups is 1. The fraction of sp³-hybridized carbons (Fsp3) is 0.208. The van der Waals surface area contributed by atoms with Crippen molar-refractivity contribution in [3.8, 4) is 11.5 Å². The standard InChI is InChI=1S/C24H20BrN3O2/c25-18-7-5-17(6-8-18)24(11-1-2-12-24)23(29)27-19-9-10-21-20(14-19)28-22(30-21)16-4-3-13-26-15-16/h3-10,13-15H,1-2,11-12H2,(H,27,29). The number of fused-ring (bicyclic) bond motifs is 1. The van der Waals surface area contributed by atoms with Crippen molar-refractivity contribution in [2.75, 3.05) is 5.32 Å². The van der Waals surface area contributed by atoms with Crippen LogP contribution in [0.3, 0.4) is 0 Å². The summed E-state index contributed by atoms with van der Waals surface area (Å²) in [5.41, 5.74) is 3.51. The molecule has 0 radical (unpaired) electrons. The van der Waals surface area contributed by atoms with Crippen LogP contribution in [0.2, 0.25) is 0 Å². The summed E-state index contributed by atoms with van der Waals surface area (Å²) in [7, 11) is 0. The fourth-order valence-corrected chi connectivity index (χ4v) is 4.53. The van der Waals surface area contributed by atoms with Crippen LogP contribution in [0.25, 0.3) is 22.6 Å². The highest BCUT2D eigenvalue weighted by Crippen LogP contribution is 2.42. The van der Waals surface area contributed by atoms with E-state index in [4.69, 9.17) is 4.42 Å². The molecule has 150 valence electrons. The van der Waals surface area contributed by atoms with Crippen LogP contribution in [0, 0.1) is 0 Å². The average molecular weight is 462 g/mol. The predicted molar refractivity (Wildman–Crippen MR) is 120 cm³/mol. The maximum atomic E-state index is 13.4. The number of halogens is 1. The summed E-state index contributed by atoms with van der Waals surface area (Å²) in [6.07, 6.45) is 7.26. The summed E-state index contributed by atoms with van der Waals surface area (Å²) in [5, 5.41) is 3.13. The van der Waals surface area contributed by atoms with E-state index in [1.54, 1.807) is 12.4 Å². The summed E-state index contributed by atoms with van der Waals surface area (Å²) in [6.45, 7) is 0. The monoisotopic (exact) mass is 461 g/mol. The first-order chi connectivity index (χ1) is 14.6. The first kappa shape index (κ1) is 19.0. The normalized spacial score (nSPS) is 15.4. The number of anilines is 1. The molecule has 2 heterocycles. The molecule has 5 nitrogen and oxygen atoms in total. The second kappa shape index (κ2) is 7.69. The van der Waals surface area contributed by atoms with Gasteiger partial charge in [-0.25, -0.2) is 4.98 Å². The average Bonchev–Trinajstić information content (AvgIpc) is 3.43. The van der Waals surface area contributed by atoms with Crippen LogP contribution in [-0.2, 0) is 10.2 Å². The van der Waals surface area contributed by atoms with Crippen LogP contribution in [-0.4, -0.2) is 15.9 Å². The van der Waals surface area contributed by atoms with Crippen molar-refractivity contribution >= 4 is 38.6 Å². The van der Waals surface area contributed by atoms with Gasteiger partial charge in [-0.05, 0) is 60.9 Å². The number of nitrogens with one attached hydrogen (secondary N) is 1. The van der Waals surface area contributed by atoms with Gasteiger partial charge in [0.2, 0.25) is 11.8 Å². The van der Waals surface area contributed by atoms with Gasteiger partial charge < -0.3 is 9.73 Å². The Morgan fingerprint density at radius 3 is 2.60 bits per heavy atom. The Balaban J connectivity index is 1.44. The lowest BCUT2D eigenvalue weighted by molar-refractivity contribution is -0.121. The zero-order valence-electron chi connectivity index (χ0n) is 16.3. The molecule has 1 saturated carbocycles. The van der Waals surface area contributed by atoms with Crippen LogP contribution >= 0.6 is 15.9 Å². The van der Waals surface area contributed by atoms with Gasteiger partial charge in [-0.3, -0.25) is 9.78 Å². The van der Waals surface area contributed by atoms with E-state index in [1.807, 2.05) is 42.5 Å². The van der Waals surface area contributed by atoms with Crippen LogP contribution in [0.1, 0.15) is 31.2 Å². The number of hydrogen-bond donors (Lipinski definition) is 1. The molecular formula is C24H20BrN3O2. The third-order valence-electron chi connectivity index (χ3n) is 5.84. The van der Waals surface area contributed by atoms with E-state index in [0.717, 1.165) is 47.0 Å². The molecular weight excluding hydrogens is 442 g/mol. The zero-order chi connectivity index (χ0) is 20.6. The van der Waals surface area contributed by atoms with E-state index in [9.17, 15) is 4.79 Å². The number of hydrogen-bond acceptors (Lipinski definition) is 4. The largest absolute Gasteiger partial charge is 0.436 e. The third kappa shape index (κ3) is 3.41. The number of amides is 1. The summed E-state index contributed by atoms with van der Waals surface area (Å²) in [4.78, 5) is 22.1. The molecule has 30 heavy (non-hydrogen) atoms. The maximum Gasteiger partial charge on any atom is 0.235 e. The van der Waals surface area contributed by atoms with Gasteiger partial charge in [0.05, 0.1) is 11.0 Å². The Kier molecular flexibility index (Phi) is 4.87. The van der Waals surface area contributed by atoms with Gasteiger partial charge in [0.1, 0.15) is 5.52 Å². The Bertz CT molecular complexity index is 1200. The van der Waals surface area contributed by atoms with Crippen molar-refractivity contribution < 1.29 is 9.21 Å². The molecule has 2 aromatic carbocycles. The molecule has 1 aliphatic rings. The van der Waals surface area contributed by atoms with Crippen LogP contribution < -0.4 is 5.32 Å². The molecule has 5 rings (SSSR count). The lowest BCUT2D eigenvalue weighted by Gasteiger charge is -2.28. The Morgan fingerprint density at radius 2 is 1.87 bits per heavy atom. The zero-order valence-corrected chi connectivity index (χ0v) is 17.9. The topological polar surface area (TPSA) is 68.0 Å². The van der Waals surface area contributed by atoms with E-state index in [0.29, 0.717) is 17.0 Å². The number of oxazole rings is 1. The van der Waals surface area contributed by atoms with E-state index >= 15 is 0 Å². The molecule has 0 spiro atoms. The molecule has 1 fully saturated rings. The molecule has 1 N–H and O–H groups in total. The van der Waals surface area contributed by atoms with Crippen LogP contribution in [0.5, 0.6) is 0 Å². The molecule has 1 amide bonds. The molecule has 4 aromatic rings. The van der Waals surface area contributed by atoms with Crippen LogP contribution in [0.4, 0.5) is 5.69 Å². The quantitative estimate of drug-likeness (QED) is 0.398. The van der Waals surface area contributed by atoms with Gasteiger partial charge in [0.15, 0.2) is 5.58 Å². The third-order valence-corrected chi connectivity index (χ3v) is 6.37. The lowest BCUT2D eigenvalue weighted by atomic mass is 9.78. The van der Waals surface area contributed by atoms with Gasteiger partial charge in [0.25, 0.3) is 0 Å². The van der Waals surface area contributed by atoms with Crippen molar-refractivity contribution in [3.63, 3.8) is 0 Å². The number of rotatable bonds is 4. The Morgan fingerprint density at radius 1 is 1.07 bits per heavy atom. The van der Waals surface area contributed by atoms with Gasteiger partial charge >= 0.3 is 0 Å². The van der Waals surface area contributed by atoms with Crippen LogP contribution in [0.15, 0.2) is 75.9 Å². The SMILES string of the molecule is O=C(Nc1ccc2oc(-c3cccnc3)nc2c1)C1(c2ccc(Br)cc2)CCCC1. The lowest BCUT2D eigenvalue weighted by Crippen LogP contribution is -2.37. The van der Waals surface area contributed by atoms with Gasteiger partial charge in [-0.15, -0.1) is 0 Å². The van der Waals surface area contributed by atoms with Crippen molar-refractivity contribution in [1.29, 1.82) is 0 Å². The van der Waals surface area contributed by atoms with E-state index in [1.165, 1.54) is 0 Å². The number of nitrogens with zero attached hydrogens (tertiary/aromatic N) is 2. The Hall–Kier alpha value is -2.99. The Labute approximate surface area is 182 Å². The first-order valence-electron chi connectivity index (χ1n) is 10.0. The van der Waals surface area contributed by atoms with Gasteiger partial charge in [-0.1, -0.05) is 40.9 Å². The molecule has 0 bridgehead atoms. The minimum atomic E-state index is -0.486. The summed E-state index contributed by atoms with van der Waals surface area (Å²) < 4.78 is 6.86. The van der Waals surface area contributed by atoms with Crippen molar-refractivity contribution in [2.24, 2.45) is 0 Å². The molecule has 2 aromatic heterocycles. The molecule has 0 unspecified atom stereocenters. The van der Waals surface area contributed by atoms with Gasteiger partial charge in [-0.2, -0.15) is 0 Å². The minimum absolute atomic E-state index is 0.0395. The highest BCUT2D eigenvalue weighted by atomic mass is 79.9. The minimum Gasteiger partial charge on any atom is -0.436 e. The first-order valence-corrected chi connectivity index (χ1v) is 10.8. The van der Waals surface area contributed by atoms with E-state index in [-0.39, 0.29) is 5.91 Å². The van der Waals surface area contributed by atoms with Crippen molar-refractivity contribution in [1.82, 2.24) is 9.97 Å². The molecule has 0 atom stereocenters. The number of carbonyl (C=O) groups excluding carboxylic acids is 1. The number of benzene rings is 2.